The lowest BCUT2D eigenvalue weighted by molar-refractivity contribution is 0.0692. The van der Waals surface area contributed by atoms with Crippen LogP contribution in [-0.2, 0) is 11.3 Å². The maximum Gasteiger partial charge on any atom is 0.341 e. The summed E-state index contributed by atoms with van der Waals surface area (Å²) in [6.45, 7) is 2.16. The summed E-state index contributed by atoms with van der Waals surface area (Å²) >= 11 is -2.49. The normalized spacial score (nSPS) is 19.5. The number of anilines is 3. The van der Waals surface area contributed by atoms with Crippen molar-refractivity contribution in [2.45, 2.75) is 25.2 Å². The minimum atomic E-state index is -2.49. The average Bonchev–Trinajstić information content (AvgIpc) is 3.54. The number of carboxylic acid groups (broad SMARTS) is 1. The maximum atomic E-state index is 12.5. The summed E-state index contributed by atoms with van der Waals surface area (Å²) in [6, 6.07) is 10.6. The number of nitrogens with zero attached hydrogens (tertiary/aromatic N) is 2. The number of nitrogens with one attached hydrogen (secondary N) is 1. The van der Waals surface area contributed by atoms with Crippen molar-refractivity contribution in [2.24, 2.45) is 5.92 Å². The first kappa shape index (κ1) is 22.6. The van der Waals surface area contributed by atoms with Crippen molar-refractivity contribution < 1.29 is 23.4 Å². The van der Waals surface area contributed by atoms with Crippen LogP contribution in [0.25, 0.3) is 0 Å². The Morgan fingerprint density at radius 2 is 1.97 bits per heavy atom. The molecule has 1 saturated carbocycles. The van der Waals surface area contributed by atoms with Crippen LogP contribution in [0, 0.1) is 5.92 Å². The van der Waals surface area contributed by atoms with Gasteiger partial charge in [-0.05, 0) is 69.6 Å². The van der Waals surface area contributed by atoms with Crippen molar-refractivity contribution in [3.05, 3.63) is 47.5 Å². The highest BCUT2D eigenvalue weighted by Crippen LogP contribution is 2.56. The van der Waals surface area contributed by atoms with Crippen molar-refractivity contribution >= 4 is 34.3 Å². The maximum absolute atomic E-state index is 12.5. The van der Waals surface area contributed by atoms with Crippen LogP contribution < -0.4 is 14.4 Å². The molecule has 0 radical (unpaired) electrons. The van der Waals surface area contributed by atoms with E-state index in [2.05, 4.69) is 10.2 Å². The molecule has 0 aromatic heterocycles. The Labute approximate surface area is 190 Å². The quantitative estimate of drug-likeness (QED) is 0.366. The van der Waals surface area contributed by atoms with Crippen LogP contribution in [0.4, 0.5) is 17.1 Å². The van der Waals surface area contributed by atoms with Gasteiger partial charge in [-0.25, -0.2) is 13.3 Å². The van der Waals surface area contributed by atoms with Gasteiger partial charge in [-0.15, -0.1) is 0 Å². The van der Waals surface area contributed by atoms with E-state index in [9.17, 15) is 18.7 Å². The molecule has 0 bridgehead atoms. The Morgan fingerprint density at radius 1 is 1.19 bits per heavy atom. The zero-order valence-electron chi connectivity index (χ0n) is 18.3. The predicted octanol–water partition coefficient (Wildman–Crippen LogP) is 3.91. The van der Waals surface area contributed by atoms with Gasteiger partial charge >= 0.3 is 5.97 Å². The van der Waals surface area contributed by atoms with Crippen molar-refractivity contribution in [2.75, 3.05) is 43.4 Å². The van der Waals surface area contributed by atoms with Crippen LogP contribution in [0.3, 0.4) is 0 Å². The number of rotatable bonds is 10. The zero-order chi connectivity index (χ0) is 22.8. The molecule has 0 spiro atoms. The molecule has 0 saturated heterocycles. The van der Waals surface area contributed by atoms with E-state index in [0.717, 1.165) is 35.7 Å². The Morgan fingerprint density at radius 3 is 2.69 bits per heavy atom. The Bertz CT molecular complexity index is 1030. The molecule has 3 atom stereocenters. The Balaban J connectivity index is 1.67. The fourth-order valence-electron chi connectivity index (χ4n) is 4.29. The van der Waals surface area contributed by atoms with Gasteiger partial charge in [0, 0.05) is 12.5 Å². The summed E-state index contributed by atoms with van der Waals surface area (Å²) in [5.41, 5.74) is 2.04. The lowest BCUT2D eigenvalue weighted by Crippen LogP contribution is -2.24. The molecule has 8 nitrogen and oxygen atoms in total. The van der Waals surface area contributed by atoms with Gasteiger partial charge in [-0.2, -0.15) is 0 Å². The van der Waals surface area contributed by atoms with Gasteiger partial charge in [0.05, 0.1) is 23.7 Å². The first-order valence-electron chi connectivity index (χ1n) is 10.8. The van der Waals surface area contributed by atoms with Gasteiger partial charge in [0.15, 0.2) is 0 Å². The topological polar surface area (TPSA) is 102 Å². The summed E-state index contributed by atoms with van der Waals surface area (Å²) in [4.78, 5) is 14.4. The summed E-state index contributed by atoms with van der Waals surface area (Å²) in [5.74, 6) is -0.107. The molecule has 0 amide bonds. The van der Waals surface area contributed by atoms with Gasteiger partial charge in [-0.3, -0.25) is 4.55 Å². The molecule has 1 heterocycles. The second-order valence-electron chi connectivity index (χ2n) is 8.58. The highest BCUT2D eigenvalue weighted by atomic mass is 32.2. The number of para-hydroxylation sites is 2. The monoisotopic (exact) mass is 459 g/mol. The summed E-state index contributed by atoms with van der Waals surface area (Å²) in [6.07, 6.45) is 2.94. The zero-order valence-corrected chi connectivity index (χ0v) is 19.1. The summed E-state index contributed by atoms with van der Waals surface area (Å²) in [5, 5.41) is 13.3. The number of fused-ring (bicyclic) bond motifs is 3. The number of unbranched alkanes of at least 4 members (excludes halogenated alkanes) is 1. The van der Waals surface area contributed by atoms with E-state index in [4.69, 9.17) is 4.74 Å². The van der Waals surface area contributed by atoms with Crippen LogP contribution in [0.2, 0.25) is 0 Å². The van der Waals surface area contributed by atoms with Crippen molar-refractivity contribution in [1.82, 2.24) is 4.90 Å². The number of carbonyl (C=O) groups is 1. The van der Waals surface area contributed by atoms with E-state index < -0.39 is 17.2 Å². The molecule has 2 aromatic rings. The predicted molar refractivity (Wildman–Crippen MR) is 125 cm³/mol. The van der Waals surface area contributed by atoms with E-state index in [-0.39, 0.29) is 11.3 Å². The highest BCUT2D eigenvalue weighted by Gasteiger charge is 2.45. The van der Waals surface area contributed by atoms with E-state index in [1.165, 1.54) is 0 Å². The number of aromatic carboxylic acids is 1. The lowest BCUT2D eigenvalue weighted by Gasteiger charge is -2.27. The van der Waals surface area contributed by atoms with Crippen LogP contribution >= 0.6 is 0 Å². The molecule has 2 aliphatic rings. The molecule has 4 rings (SSSR count). The second kappa shape index (κ2) is 9.48. The van der Waals surface area contributed by atoms with Crippen molar-refractivity contribution in [1.29, 1.82) is 0 Å². The Kier molecular flexibility index (Phi) is 6.68. The van der Waals surface area contributed by atoms with E-state index in [0.29, 0.717) is 42.1 Å². The summed E-state index contributed by atoms with van der Waals surface area (Å²) < 4.78 is 29.7. The molecule has 1 aliphatic carbocycles. The number of carboxylic acids is 1. The largest absolute Gasteiger partial charge is 0.492 e. The molecule has 1 unspecified atom stereocenters. The smallest absolute Gasteiger partial charge is 0.341 e. The first-order valence-corrected chi connectivity index (χ1v) is 11.9. The second-order valence-corrected chi connectivity index (χ2v) is 9.40. The van der Waals surface area contributed by atoms with Gasteiger partial charge < -0.3 is 20.1 Å². The molecule has 3 N–H and O–H groups in total. The van der Waals surface area contributed by atoms with Crippen LogP contribution in [0.5, 0.6) is 5.75 Å². The minimum absolute atomic E-state index is 0.0731. The standard InChI is InChI=1S/C23H29N3O5S/c1-25(2)12-6-5-11-24-18-7-3-4-8-19(18)26(32(29)30)20-10-9-16-17-13-15(17)14-31-22(16)21(20)23(27)28/h3-4,7-10,15,17,24H,5-6,11-14H2,1-2H3,(H,27,28)(H,29,30)/t15-,17-/m0/s1. The van der Waals surface area contributed by atoms with E-state index in [1.54, 1.807) is 18.2 Å². The van der Waals surface area contributed by atoms with Crippen molar-refractivity contribution in [3.8, 4) is 5.75 Å². The third kappa shape index (κ3) is 4.60. The molecule has 32 heavy (non-hydrogen) atoms. The third-order valence-electron chi connectivity index (χ3n) is 5.99. The fourth-order valence-corrected chi connectivity index (χ4v) is 4.94. The molecule has 2 aromatic carbocycles. The molecule has 1 aliphatic heterocycles. The number of benzene rings is 2. The van der Waals surface area contributed by atoms with E-state index in [1.807, 2.05) is 32.3 Å². The molecular weight excluding hydrogens is 430 g/mol. The SMILES string of the molecule is CN(C)CCCCNc1ccccc1N(c1ccc2c(c1C(=O)O)OC[C@@H]1C[C@H]21)S(=O)O. The lowest BCUT2D eigenvalue weighted by atomic mass is 10.00. The van der Waals surface area contributed by atoms with Gasteiger partial charge in [0.2, 0.25) is 0 Å². The molecule has 9 heteroatoms. The van der Waals surface area contributed by atoms with Crippen LogP contribution in [0.1, 0.15) is 41.1 Å². The number of hydrogen-bond donors (Lipinski definition) is 3. The number of hydrogen-bond acceptors (Lipinski definition) is 5. The van der Waals surface area contributed by atoms with Crippen molar-refractivity contribution in [3.63, 3.8) is 0 Å². The first-order chi connectivity index (χ1) is 15.4. The van der Waals surface area contributed by atoms with Gasteiger partial charge in [0.1, 0.15) is 11.3 Å². The highest BCUT2D eigenvalue weighted by molar-refractivity contribution is 7.81. The van der Waals surface area contributed by atoms with Crippen LogP contribution in [0.15, 0.2) is 36.4 Å². The molecule has 1 fully saturated rings. The summed E-state index contributed by atoms with van der Waals surface area (Å²) in [7, 11) is 4.06. The Hall–Kier alpha value is -2.62. The van der Waals surface area contributed by atoms with Crippen LogP contribution in [-0.4, -0.2) is 58.5 Å². The third-order valence-corrected chi connectivity index (χ3v) is 6.69. The van der Waals surface area contributed by atoms with E-state index >= 15 is 0 Å². The molecular formula is C23H29N3O5S. The fraction of sp³-hybridized carbons (Fsp3) is 0.435. The molecule has 172 valence electrons. The number of ether oxygens (including phenoxy) is 1. The van der Waals surface area contributed by atoms with Gasteiger partial charge in [0.25, 0.3) is 11.3 Å². The average molecular weight is 460 g/mol. The van der Waals surface area contributed by atoms with Gasteiger partial charge in [-0.1, -0.05) is 18.2 Å². The minimum Gasteiger partial charge on any atom is -0.492 e.